The van der Waals surface area contributed by atoms with Crippen LogP contribution >= 0.6 is 15.9 Å². The van der Waals surface area contributed by atoms with Crippen molar-refractivity contribution in [2.45, 2.75) is 26.9 Å². The van der Waals surface area contributed by atoms with Crippen molar-refractivity contribution >= 4 is 45.5 Å². The molecule has 2 aromatic rings. The maximum absolute atomic E-state index is 13.7. The van der Waals surface area contributed by atoms with Crippen molar-refractivity contribution in [2.75, 3.05) is 18.5 Å². The molecule has 3 rings (SSSR count). The molecule has 0 aliphatic carbocycles. The number of para-hydroxylation sites is 1. The van der Waals surface area contributed by atoms with Gasteiger partial charge in [0, 0.05) is 0 Å². The Morgan fingerprint density at radius 3 is 2.67 bits per heavy atom. The van der Waals surface area contributed by atoms with Gasteiger partial charge in [0.1, 0.15) is 18.1 Å². The van der Waals surface area contributed by atoms with Crippen LogP contribution in [0, 0.1) is 5.82 Å². The number of carbonyl (C=O) groups is 3. The highest BCUT2D eigenvalue weighted by atomic mass is 79.9. The fourth-order valence-electron chi connectivity index (χ4n) is 3.06. The molecule has 0 saturated carbocycles. The molecule has 1 saturated heterocycles. The lowest BCUT2D eigenvalue weighted by Gasteiger charge is -2.17. The van der Waals surface area contributed by atoms with Gasteiger partial charge in [-0.3, -0.25) is 9.59 Å². The van der Waals surface area contributed by atoms with Gasteiger partial charge in [0.25, 0.3) is 5.91 Å². The minimum absolute atomic E-state index is 0.00873. The van der Waals surface area contributed by atoms with Gasteiger partial charge in [-0.1, -0.05) is 12.1 Å². The first-order chi connectivity index (χ1) is 15.7. The maximum atomic E-state index is 13.7. The number of hydrogen-bond acceptors (Lipinski definition) is 5. The highest BCUT2D eigenvalue weighted by molar-refractivity contribution is 9.10. The Kier molecular flexibility index (Phi) is 7.70. The lowest BCUT2D eigenvalue weighted by molar-refractivity contribution is -0.127. The van der Waals surface area contributed by atoms with Crippen LogP contribution in [0.25, 0.3) is 6.08 Å². The summed E-state index contributed by atoms with van der Waals surface area (Å²) < 4.78 is 25.8. The second-order valence-electron chi connectivity index (χ2n) is 7.34. The highest BCUT2D eigenvalue weighted by Crippen LogP contribution is 2.38. The van der Waals surface area contributed by atoms with Gasteiger partial charge >= 0.3 is 6.03 Å². The SMILES string of the molecule is CCOc1cc(/C=C2/NC(=O)N(CC(=O)Nc3ccccc3F)C2=O)cc(Br)c1OC(C)C. The van der Waals surface area contributed by atoms with E-state index < -0.39 is 30.2 Å². The minimum Gasteiger partial charge on any atom is -0.490 e. The van der Waals surface area contributed by atoms with Crippen LogP contribution in [0.2, 0.25) is 0 Å². The number of benzene rings is 2. The highest BCUT2D eigenvalue weighted by Gasteiger charge is 2.35. The van der Waals surface area contributed by atoms with Crippen LogP contribution in [0.15, 0.2) is 46.6 Å². The largest absolute Gasteiger partial charge is 0.490 e. The van der Waals surface area contributed by atoms with E-state index in [-0.39, 0.29) is 17.5 Å². The summed E-state index contributed by atoms with van der Waals surface area (Å²) >= 11 is 3.45. The van der Waals surface area contributed by atoms with Crippen LogP contribution in [0.5, 0.6) is 11.5 Å². The van der Waals surface area contributed by atoms with Crippen molar-refractivity contribution in [2.24, 2.45) is 0 Å². The Balaban J connectivity index is 1.79. The van der Waals surface area contributed by atoms with Crippen LogP contribution in [-0.4, -0.2) is 42.0 Å². The molecule has 1 fully saturated rings. The van der Waals surface area contributed by atoms with E-state index in [0.29, 0.717) is 28.1 Å². The van der Waals surface area contributed by atoms with E-state index in [1.807, 2.05) is 20.8 Å². The number of rotatable bonds is 8. The number of amides is 4. The number of hydrogen-bond donors (Lipinski definition) is 2. The zero-order chi connectivity index (χ0) is 24.1. The molecule has 8 nitrogen and oxygen atoms in total. The third kappa shape index (κ3) is 5.89. The summed E-state index contributed by atoms with van der Waals surface area (Å²) in [4.78, 5) is 38.0. The Labute approximate surface area is 198 Å². The molecule has 0 spiro atoms. The number of anilines is 1. The molecule has 33 heavy (non-hydrogen) atoms. The molecule has 10 heteroatoms. The Morgan fingerprint density at radius 1 is 1.27 bits per heavy atom. The van der Waals surface area contributed by atoms with Gasteiger partial charge in [0.05, 0.1) is 22.9 Å². The molecule has 0 bridgehead atoms. The topological polar surface area (TPSA) is 97.0 Å². The van der Waals surface area contributed by atoms with E-state index in [9.17, 15) is 18.8 Å². The smallest absolute Gasteiger partial charge is 0.329 e. The second kappa shape index (κ2) is 10.5. The van der Waals surface area contributed by atoms with Gasteiger partial charge in [-0.15, -0.1) is 0 Å². The van der Waals surface area contributed by atoms with E-state index >= 15 is 0 Å². The number of urea groups is 1. The molecule has 0 unspecified atom stereocenters. The summed E-state index contributed by atoms with van der Waals surface area (Å²) in [5, 5.41) is 4.81. The Morgan fingerprint density at radius 2 is 2.00 bits per heavy atom. The summed E-state index contributed by atoms with van der Waals surface area (Å²) in [6.45, 7) is 5.46. The first-order valence-electron chi connectivity index (χ1n) is 10.2. The number of halogens is 2. The van der Waals surface area contributed by atoms with Crippen molar-refractivity contribution in [1.29, 1.82) is 0 Å². The second-order valence-corrected chi connectivity index (χ2v) is 8.19. The fraction of sp³-hybridized carbons (Fsp3) is 0.261. The zero-order valence-corrected chi connectivity index (χ0v) is 19.9. The fourth-order valence-corrected chi connectivity index (χ4v) is 3.62. The average molecular weight is 520 g/mol. The van der Waals surface area contributed by atoms with E-state index in [0.717, 1.165) is 4.90 Å². The quantitative estimate of drug-likeness (QED) is 0.400. The monoisotopic (exact) mass is 519 g/mol. The number of carbonyl (C=O) groups excluding carboxylic acids is 3. The van der Waals surface area contributed by atoms with Gasteiger partial charge in [0.2, 0.25) is 5.91 Å². The van der Waals surface area contributed by atoms with Crippen LogP contribution in [0.4, 0.5) is 14.9 Å². The zero-order valence-electron chi connectivity index (χ0n) is 18.3. The molecular formula is C23H23BrFN3O5. The van der Waals surface area contributed by atoms with E-state index in [1.165, 1.54) is 24.3 Å². The molecule has 174 valence electrons. The molecular weight excluding hydrogens is 497 g/mol. The van der Waals surface area contributed by atoms with Crippen molar-refractivity contribution in [3.05, 3.63) is 57.9 Å². The average Bonchev–Trinajstić information content (AvgIpc) is 2.99. The number of nitrogens with zero attached hydrogens (tertiary/aromatic N) is 1. The number of nitrogens with one attached hydrogen (secondary N) is 2. The molecule has 0 aromatic heterocycles. The predicted octanol–water partition coefficient (Wildman–Crippen LogP) is 4.31. The van der Waals surface area contributed by atoms with Crippen molar-refractivity contribution in [3.8, 4) is 11.5 Å². The molecule has 1 aliphatic heterocycles. The number of ether oxygens (including phenoxy) is 2. The summed E-state index contributed by atoms with van der Waals surface area (Å²) in [7, 11) is 0. The molecule has 2 aromatic carbocycles. The number of imide groups is 1. The predicted molar refractivity (Wildman–Crippen MR) is 124 cm³/mol. The lowest BCUT2D eigenvalue weighted by atomic mass is 10.1. The molecule has 2 N–H and O–H groups in total. The molecule has 4 amide bonds. The summed E-state index contributed by atoms with van der Waals surface area (Å²) in [5.74, 6) is -1.00. The lowest BCUT2D eigenvalue weighted by Crippen LogP contribution is -2.38. The van der Waals surface area contributed by atoms with Crippen molar-refractivity contribution in [1.82, 2.24) is 10.2 Å². The van der Waals surface area contributed by atoms with E-state index in [2.05, 4.69) is 26.6 Å². The van der Waals surface area contributed by atoms with Crippen LogP contribution in [-0.2, 0) is 9.59 Å². The van der Waals surface area contributed by atoms with E-state index in [1.54, 1.807) is 18.2 Å². The summed E-state index contributed by atoms with van der Waals surface area (Å²) in [6, 6.07) is 8.27. The molecule has 1 aliphatic rings. The van der Waals surface area contributed by atoms with Gasteiger partial charge in [-0.25, -0.2) is 14.1 Å². The first kappa shape index (κ1) is 24.2. The first-order valence-corrected chi connectivity index (χ1v) is 11.0. The molecule has 0 atom stereocenters. The standard InChI is InChI=1S/C23H23BrFN3O5/c1-4-32-19-11-14(9-15(24)21(19)33-13(2)3)10-18-22(30)28(23(31)27-18)12-20(29)26-17-8-6-5-7-16(17)25/h5-11,13H,4,12H2,1-3H3,(H,26,29)(H,27,31)/b18-10+. The third-order valence-electron chi connectivity index (χ3n) is 4.41. The maximum Gasteiger partial charge on any atom is 0.329 e. The Bertz CT molecular complexity index is 1120. The van der Waals surface area contributed by atoms with Crippen LogP contribution in [0.1, 0.15) is 26.3 Å². The molecule has 0 radical (unpaired) electrons. The van der Waals surface area contributed by atoms with Crippen LogP contribution < -0.4 is 20.1 Å². The van der Waals surface area contributed by atoms with Crippen LogP contribution in [0.3, 0.4) is 0 Å². The van der Waals surface area contributed by atoms with Gasteiger partial charge < -0.3 is 20.1 Å². The van der Waals surface area contributed by atoms with Gasteiger partial charge in [-0.2, -0.15) is 0 Å². The Hall–Kier alpha value is -3.40. The van der Waals surface area contributed by atoms with Gasteiger partial charge in [-0.05, 0) is 72.6 Å². The summed E-state index contributed by atoms with van der Waals surface area (Å²) in [5.41, 5.74) is 0.524. The minimum atomic E-state index is -0.751. The van der Waals surface area contributed by atoms with Crippen molar-refractivity contribution < 1.29 is 28.2 Å². The van der Waals surface area contributed by atoms with Gasteiger partial charge in [0.15, 0.2) is 11.5 Å². The normalized spacial score (nSPS) is 14.6. The van der Waals surface area contributed by atoms with E-state index in [4.69, 9.17) is 9.47 Å². The van der Waals surface area contributed by atoms with Crippen molar-refractivity contribution in [3.63, 3.8) is 0 Å². The molecule has 1 heterocycles. The summed E-state index contributed by atoms with van der Waals surface area (Å²) in [6.07, 6.45) is 1.39. The third-order valence-corrected chi connectivity index (χ3v) is 5.00.